The van der Waals surface area contributed by atoms with Crippen molar-refractivity contribution in [2.24, 2.45) is 0 Å². The quantitative estimate of drug-likeness (QED) is 0.714. The van der Waals surface area contributed by atoms with Crippen molar-refractivity contribution in [2.75, 3.05) is 13.1 Å². The Labute approximate surface area is 146 Å². The minimum absolute atomic E-state index is 0.106. The summed E-state index contributed by atoms with van der Waals surface area (Å²) < 4.78 is 5.27. The minimum Gasteiger partial charge on any atom is -0.360 e. The van der Waals surface area contributed by atoms with Crippen molar-refractivity contribution in [3.8, 4) is 11.3 Å². The van der Waals surface area contributed by atoms with Crippen LogP contribution in [0, 0.1) is 6.92 Å². The maximum Gasteiger partial charge on any atom is 0.259 e. The van der Waals surface area contributed by atoms with E-state index >= 15 is 0 Å². The van der Waals surface area contributed by atoms with Crippen LogP contribution in [0.15, 0.2) is 22.7 Å². The number of nitrogens with zero attached hydrogens (tertiary/aromatic N) is 2. The highest BCUT2D eigenvalue weighted by Gasteiger charge is 2.27. The lowest BCUT2D eigenvalue weighted by Crippen LogP contribution is -2.32. The average molecular weight is 355 g/mol. The molecule has 2 aromatic rings. The van der Waals surface area contributed by atoms with Crippen molar-refractivity contribution in [1.82, 2.24) is 10.1 Å². The van der Waals surface area contributed by atoms with Gasteiger partial charge in [-0.2, -0.15) is 0 Å². The van der Waals surface area contributed by atoms with Crippen LogP contribution in [0.5, 0.6) is 0 Å². The first-order chi connectivity index (χ1) is 11.0. The van der Waals surface area contributed by atoms with E-state index in [1.54, 1.807) is 30.0 Å². The van der Waals surface area contributed by atoms with Crippen molar-refractivity contribution in [2.45, 2.75) is 33.6 Å². The molecule has 0 N–H and O–H groups in total. The van der Waals surface area contributed by atoms with E-state index in [1.165, 1.54) is 0 Å². The van der Waals surface area contributed by atoms with Crippen molar-refractivity contribution in [3.63, 3.8) is 0 Å². The van der Waals surface area contributed by atoms with Gasteiger partial charge in [0.15, 0.2) is 0 Å². The molecule has 1 aromatic carbocycles. The van der Waals surface area contributed by atoms with Crippen LogP contribution in [0.1, 0.15) is 42.8 Å². The van der Waals surface area contributed by atoms with E-state index in [0.717, 1.165) is 12.8 Å². The van der Waals surface area contributed by atoms with Crippen molar-refractivity contribution in [3.05, 3.63) is 39.6 Å². The van der Waals surface area contributed by atoms with Gasteiger partial charge in [-0.05, 0) is 32.4 Å². The van der Waals surface area contributed by atoms with Crippen molar-refractivity contribution >= 4 is 29.1 Å². The summed E-state index contributed by atoms with van der Waals surface area (Å²) in [5, 5.41) is 4.92. The minimum atomic E-state index is -0.106. The number of hydrogen-bond donors (Lipinski definition) is 0. The van der Waals surface area contributed by atoms with Crippen LogP contribution >= 0.6 is 23.2 Å². The van der Waals surface area contributed by atoms with Gasteiger partial charge in [0.25, 0.3) is 5.91 Å². The number of aromatic nitrogens is 1. The van der Waals surface area contributed by atoms with E-state index in [2.05, 4.69) is 12.1 Å². The monoisotopic (exact) mass is 354 g/mol. The zero-order chi connectivity index (χ0) is 17.0. The first-order valence-electron chi connectivity index (χ1n) is 7.71. The number of hydrogen-bond acceptors (Lipinski definition) is 3. The van der Waals surface area contributed by atoms with Crippen LogP contribution in [-0.2, 0) is 0 Å². The molecule has 0 radical (unpaired) electrons. The lowest BCUT2D eigenvalue weighted by Gasteiger charge is -2.20. The van der Waals surface area contributed by atoms with Gasteiger partial charge in [0.1, 0.15) is 17.0 Å². The molecule has 0 saturated carbocycles. The van der Waals surface area contributed by atoms with Crippen LogP contribution in [0.4, 0.5) is 0 Å². The molecule has 0 fully saturated rings. The van der Waals surface area contributed by atoms with Crippen LogP contribution < -0.4 is 0 Å². The smallest absolute Gasteiger partial charge is 0.259 e. The number of carbonyl (C=O) groups is 1. The van der Waals surface area contributed by atoms with Gasteiger partial charge in [0.2, 0.25) is 0 Å². The predicted octanol–water partition coefficient (Wildman–Crippen LogP) is 5.22. The Morgan fingerprint density at radius 3 is 2.48 bits per heavy atom. The summed E-state index contributed by atoms with van der Waals surface area (Å²) in [6.07, 6.45) is 1.97. The Balaban J connectivity index is 2.48. The first kappa shape index (κ1) is 17.8. The largest absolute Gasteiger partial charge is 0.360 e. The van der Waals surface area contributed by atoms with Crippen LogP contribution in [0.25, 0.3) is 11.3 Å². The highest BCUT2D eigenvalue weighted by Crippen LogP contribution is 2.37. The fourth-order valence-electron chi connectivity index (χ4n) is 2.43. The van der Waals surface area contributed by atoms with Gasteiger partial charge >= 0.3 is 0 Å². The number of benzene rings is 1. The summed E-state index contributed by atoms with van der Waals surface area (Å²) in [5.41, 5.74) is 1.36. The van der Waals surface area contributed by atoms with E-state index in [4.69, 9.17) is 27.7 Å². The van der Waals surface area contributed by atoms with E-state index in [1.807, 2.05) is 6.92 Å². The maximum atomic E-state index is 12.9. The second-order valence-electron chi connectivity index (χ2n) is 5.30. The fraction of sp³-hybridized carbons (Fsp3) is 0.412. The third kappa shape index (κ3) is 3.70. The Morgan fingerprint density at radius 1 is 1.26 bits per heavy atom. The molecular weight excluding hydrogens is 335 g/mol. The number of rotatable bonds is 6. The third-order valence-electron chi connectivity index (χ3n) is 3.73. The van der Waals surface area contributed by atoms with Gasteiger partial charge in [0, 0.05) is 18.7 Å². The lowest BCUT2D eigenvalue weighted by atomic mass is 10.0. The zero-order valence-electron chi connectivity index (χ0n) is 13.5. The van der Waals surface area contributed by atoms with Crippen LogP contribution in [0.2, 0.25) is 10.0 Å². The molecule has 0 aliphatic heterocycles. The first-order valence-corrected chi connectivity index (χ1v) is 8.46. The maximum absolute atomic E-state index is 12.9. The number of halogens is 2. The van der Waals surface area contributed by atoms with Crippen LogP contribution in [-0.4, -0.2) is 29.1 Å². The number of aryl methyl sites for hydroxylation is 1. The Morgan fingerprint density at radius 2 is 1.91 bits per heavy atom. The molecule has 0 bridgehead atoms. The SMILES string of the molecule is CCCCN(CC)C(=O)c1c(-c2c(Cl)cccc2Cl)noc1C. The number of carbonyl (C=O) groups excluding carboxylic acids is 1. The molecule has 4 nitrogen and oxygen atoms in total. The molecule has 0 spiro atoms. The highest BCUT2D eigenvalue weighted by molar-refractivity contribution is 6.39. The fourth-order valence-corrected chi connectivity index (χ4v) is 3.01. The second-order valence-corrected chi connectivity index (χ2v) is 6.11. The summed E-state index contributed by atoms with van der Waals surface area (Å²) in [6, 6.07) is 5.19. The van der Waals surface area contributed by atoms with E-state index in [9.17, 15) is 4.79 Å². The summed E-state index contributed by atoms with van der Waals surface area (Å²) in [6.45, 7) is 7.10. The van der Waals surface area contributed by atoms with Gasteiger partial charge in [-0.25, -0.2) is 0 Å². The van der Waals surface area contributed by atoms with Crippen molar-refractivity contribution < 1.29 is 9.32 Å². The molecule has 23 heavy (non-hydrogen) atoms. The lowest BCUT2D eigenvalue weighted by molar-refractivity contribution is 0.0761. The summed E-state index contributed by atoms with van der Waals surface area (Å²) in [7, 11) is 0. The molecule has 0 saturated heterocycles. The molecule has 0 aliphatic rings. The van der Waals surface area contributed by atoms with Gasteiger partial charge in [-0.1, -0.05) is 47.8 Å². The number of unbranched alkanes of at least 4 members (excludes halogenated alkanes) is 1. The molecule has 1 heterocycles. The van der Waals surface area contributed by atoms with Crippen LogP contribution in [0.3, 0.4) is 0 Å². The molecule has 124 valence electrons. The summed E-state index contributed by atoms with van der Waals surface area (Å²) >= 11 is 12.5. The van der Waals surface area contributed by atoms with E-state index in [-0.39, 0.29) is 5.91 Å². The van der Waals surface area contributed by atoms with Gasteiger partial charge in [-0.3, -0.25) is 4.79 Å². The Hall–Kier alpha value is -1.52. The zero-order valence-corrected chi connectivity index (χ0v) is 15.0. The van der Waals surface area contributed by atoms with E-state index < -0.39 is 0 Å². The Bertz CT molecular complexity index is 678. The standard InChI is InChI=1S/C17H20Cl2N2O2/c1-4-6-10-21(5-2)17(22)14-11(3)23-20-16(14)15-12(18)8-7-9-13(15)19/h7-9H,4-6,10H2,1-3H3. The molecule has 2 rings (SSSR count). The van der Waals surface area contributed by atoms with E-state index in [0.29, 0.717) is 45.7 Å². The second kappa shape index (κ2) is 7.84. The average Bonchev–Trinajstić information content (AvgIpc) is 2.89. The predicted molar refractivity (Wildman–Crippen MR) is 93.2 cm³/mol. The summed E-state index contributed by atoms with van der Waals surface area (Å²) in [5.74, 6) is 0.363. The highest BCUT2D eigenvalue weighted by atomic mass is 35.5. The molecule has 0 atom stereocenters. The van der Waals surface area contributed by atoms with Gasteiger partial charge in [0.05, 0.1) is 10.0 Å². The molecule has 0 aliphatic carbocycles. The Kier molecular flexibility index (Phi) is 6.08. The summed E-state index contributed by atoms with van der Waals surface area (Å²) in [4.78, 5) is 14.7. The third-order valence-corrected chi connectivity index (χ3v) is 4.36. The molecule has 1 amide bonds. The molecule has 6 heteroatoms. The molecule has 0 unspecified atom stereocenters. The topological polar surface area (TPSA) is 46.3 Å². The molecule has 1 aromatic heterocycles. The van der Waals surface area contributed by atoms with Gasteiger partial charge in [-0.15, -0.1) is 0 Å². The van der Waals surface area contributed by atoms with Crippen molar-refractivity contribution in [1.29, 1.82) is 0 Å². The number of amides is 1. The van der Waals surface area contributed by atoms with Gasteiger partial charge < -0.3 is 9.42 Å². The normalized spacial score (nSPS) is 10.8. The molecular formula is C17H20Cl2N2O2.